The largest absolute Gasteiger partial charge is 0.357 e. The van der Waals surface area contributed by atoms with Crippen molar-refractivity contribution in [2.75, 3.05) is 25.1 Å². The van der Waals surface area contributed by atoms with E-state index in [1.165, 1.54) is 18.2 Å². The first-order valence-corrected chi connectivity index (χ1v) is 8.89. The summed E-state index contributed by atoms with van der Waals surface area (Å²) in [5.41, 5.74) is 0.890. The van der Waals surface area contributed by atoms with Gasteiger partial charge in [0, 0.05) is 13.1 Å². The minimum absolute atomic E-state index is 0.137. The van der Waals surface area contributed by atoms with E-state index >= 15 is 0 Å². The third-order valence-corrected chi connectivity index (χ3v) is 3.80. The summed E-state index contributed by atoms with van der Waals surface area (Å²) in [5, 5.41) is 6.63. The summed E-state index contributed by atoms with van der Waals surface area (Å²) in [6, 6.07) is 4.69. The Labute approximate surface area is 135 Å². The fourth-order valence-electron chi connectivity index (χ4n) is 1.73. The van der Waals surface area contributed by atoms with Crippen LogP contribution in [0.4, 0.5) is 4.39 Å². The number of hydrogen-bond donors (Lipinski definition) is 2. The molecule has 0 saturated carbocycles. The second-order valence-electron chi connectivity index (χ2n) is 4.57. The molecule has 0 heterocycles. The Kier molecular flexibility index (Phi) is 9.26. The Morgan fingerprint density at radius 2 is 2.14 bits per heavy atom. The fraction of sp³-hybridized carbons (Fsp3) is 0.533. The number of thioether (sulfide) groups is 1. The van der Waals surface area contributed by atoms with Crippen LogP contribution in [0.25, 0.3) is 0 Å². The number of hydrogen-bond acceptors (Lipinski definition) is 2. The Morgan fingerprint density at radius 3 is 2.81 bits per heavy atom. The van der Waals surface area contributed by atoms with Gasteiger partial charge in [-0.15, -0.1) is 0 Å². The third-order valence-electron chi connectivity index (χ3n) is 2.82. The van der Waals surface area contributed by atoms with E-state index in [-0.39, 0.29) is 5.02 Å². The summed E-state index contributed by atoms with van der Waals surface area (Å²) in [6.45, 7) is 4.21. The Hall–Kier alpha value is -0.940. The number of benzene rings is 1. The van der Waals surface area contributed by atoms with Crippen LogP contribution in [0.15, 0.2) is 23.2 Å². The average Bonchev–Trinajstić information content (AvgIpc) is 2.48. The zero-order chi connectivity index (χ0) is 15.5. The van der Waals surface area contributed by atoms with Gasteiger partial charge >= 0.3 is 0 Å². The summed E-state index contributed by atoms with van der Waals surface area (Å²) in [6.07, 6.45) is 4.43. The zero-order valence-electron chi connectivity index (χ0n) is 12.6. The van der Waals surface area contributed by atoms with Crippen LogP contribution < -0.4 is 10.6 Å². The van der Waals surface area contributed by atoms with Crippen molar-refractivity contribution in [3.05, 3.63) is 34.6 Å². The molecular weight excluding hydrogens is 309 g/mol. The number of unbranched alkanes of at least 4 members (excludes halogenated alkanes) is 1. The van der Waals surface area contributed by atoms with E-state index in [1.54, 1.807) is 12.1 Å². The maximum atomic E-state index is 13.1. The highest BCUT2D eigenvalue weighted by atomic mass is 35.5. The van der Waals surface area contributed by atoms with Gasteiger partial charge in [0.1, 0.15) is 5.82 Å². The van der Waals surface area contributed by atoms with Gasteiger partial charge < -0.3 is 10.6 Å². The third kappa shape index (κ3) is 7.58. The molecule has 0 fully saturated rings. The fourth-order valence-corrected chi connectivity index (χ4v) is 2.42. The number of halogens is 2. The van der Waals surface area contributed by atoms with E-state index in [0.29, 0.717) is 6.54 Å². The quantitative estimate of drug-likeness (QED) is 0.433. The number of nitrogens with zero attached hydrogens (tertiary/aromatic N) is 1. The predicted octanol–water partition coefficient (Wildman–Crippen LogP) is 3.68. The first-order valence-electron chi connectivity index (χ1n) is 7.12. The maximum absolute atomic E-state index is 13.1. The van der Waals surface area contributed by atoms with Crippen LogP contribution in [0, 0.1) is 5.82 Å². The van der Waals surface area contributed by atoms with Gasteiger partial charge in [0.25, 0.3) is 0 Å². The van der Waals surface area contributed by atoms with Gasteiger partial charge in [-0.25, -0.2) is 9.38 Å². The topological polar surface area (TPSA) is 36.4 Å². The summed E-state index contributed by atoms with van der Waals surface area (Å²) in [4.78, 5) is 4.48. The SMILES string of the molecule is CCNC(=NCc1ccc(F)c(Cl)c1)NCCCCSC. The van der Waals surface area contributed by atoms with Crippen molar-refractivity contribution in [3.63, 3.8) is 0 Å². The minimum atomic E-state index is -0.400. The summed E-state index contributed by atoms with van der Waals surface area (Å²) in [7, 11) is 0. The molecule has 3 nitrogen and oxygen atoms in total. The molecule has 0 spiro atoms. The van der Waals surface area contributed by atoms with Crippen LogP contribution in [-0.4, -0.2) is 31.1 Å². The number of nitrogens with one attached hydrogen (secondary N) is 2. The lowest BCUT2D eigenvalue weighted by Gasteiger charge is -2.11. The lowest BCUT2D eigenvalue weighted by atomic mass is 10.2. The monoisotopic (exact) mass is 331 g/mol. The van der Waals surface area contributed by atoms with Gasteiger partial charge in [-0.05, 0) is 49.5 Å². The standard InChI is InChI=1S/C15H23ClFN3S/c1-3-18-15(19-8-4-5-9-21-2)20-11-12-6-7-14(17)13(16)10-12/h6-7,10H,3-5,8-9,11H2,1-2H3,(H2,18,19,20). The number of rotatable bonds is 8. The van der Waals surface area contributed by atoms with Crippen LogP contribution >= 0.6 is 23.4 Å². The average molecular weight is 332 g/mol. The Bertz CT molecular complexity index is 455. The highest BCUT2D eigenvalue weighted by Gasteiger charge is 2.01. The van der Waals surface area contributed by atoms with E-state index < -0.39 is 5.82 Å². The Balaban J connectivity index is 2.48. The van der Waals surface area contributed by atoms with Crippen LogP contribution in [0.5, 0.6) is 0 Å². The maximum Gasteiger partial charge on any atom is 0.191 e. The molecule has 0 aliphatic carbocycles. The van der Waals surface area contributed by atoms with Crippen LogP contribution in [0.3, 0.4) is 0 Å². The molecule has 0 atom stereocenters. The van der Waals surface area contributed by atoms with Crippen molar-refractivity contribution >= 4 is 29.3 Å². The van der Waals surface area contributed by atoms with Crippen molar-refractivity contribution in [2.45, 2.75) is 26.3 Å². The van der Waals surface area contributed by atoms with Crippen LogP contribution in [0.2, 0.25) is 5.02 Å². The highest BCUT2D eigenvalue weighted by Crippen LogP contribution is 2.16. The molecule has 21 heavy (non-hydrogen) atoms. The smallest absolute Gasteiger partial charge is 0.191 e. The number of aliphatic imine (C=N–C) groups is 1. The predicted molar refractivity (Wildman–Crippen MR) is 91.8 cm³/mol. The van der Waals surface area contributed by atoms with Crippen LogP contribution in [0.1, 0.15) is 25.3 Å². The first kappa shape index (κ1) is 18.1. The van der Waals surface area contributed by atoms with Gasteiger partial charge in [0.2, 0.25) is 0 Å². The van der Waals surface area contributed by atoms with E-state index in [1.807, 2.05) is 18.7 Å². The summed E-state index contributed by atoms with van der Waals surface area (Å²) in [5.74, 6) is 1.56. The normalized spacial score (nSPS) is 11.5. The molecule has 0 radical (unpaired) electrons. The van der Waals surface area contributed by atoms with Gasteiger partial charge in [-0.3, -0.25) is 0 Å². The molecule has 0 bridgehead atoms. The van der Waals surface area contributed by atoms with Gasteiger partial charge in [0.15, 0.2) is 5.96 Å². The van der Waals surface area contributed by atoms with Crippen molar-refractivity contribution in [1.29, 1.82) is 0 Å². The van der Waals surface area contributed by atoms with E-state index in [0.717, 1.165) is 31.0 Å². The van der Waals surface area contributed by atoms with Crippen molar-refractivity contribution < 1.29 is 4.39 Å². The Morgan fingerprint density at radius 1 is 1.33 bits per heavy atom. The lowest BCUT2D eigenvalue weighted by molar-refractivity contribution is 0.627. The van der Waals surface area contributed by atoms with Gasteiger partial charge in [-0.2, -0.15) is 11.8 Å². The molecule has 0 saturated heterocycles. The molecule has 6 heteroatoms. The molecule has 0 aromatic heterocycles. The molecule has 118 valence electrons. The van der Waals surface area contributed by atoms with E-state index in [2.05, 4.69) is 21.9 Å². The van der Waals surface area contributed by atoms with Crippen molar-refractivity contribution in [3.8, 4) is 0 Å². The lowest BCUT2D eigenvalue weighted by Crippen LogP contribution is -2.37. The molecule has 1 rings (SSSR count). The van der Waals surface area contributed by atoms with Crippen LogP contribution in [-0.2, 0) is 6.54 Å². The zero-order valence-corrected chi connectivity index (χ0v) is 14.2. The van der Waals surface area contributed by atoms with Crippen molar-refractivity contribution in [1.82, 2.24) is 10.6 Å². The molecule has 0 aliphatic heterocycles. The van der Waals surface area contributed by atoms with E-state index in [9.17, 15) is 4.39 Å². The molecule has 1 aromatic rings. The van der Waals surface area contributed by atoms with E-state index in [4.69, 9.17) is 11.6 Å². The minimum Gasteiger partial charge on any atom is -0.357 e. The molecule has 0 amide bonds. The summed E-state index contributed by atoms with van der Waals surface area (Å²) < 4.78 is 13.1. The molecule has 0 aliphatic rings. The van der Waals surface area contributed by atoms with Gasteiger partial charge in [0.05, 0.1) is 11.6 Å². The van der Waals surface area contributed by atoms with Gasteiger partial charge in [-0.1, -0.05) is 17.7 Å². The highest BCUT2D eigenvalue weighted by molar-refractivity contribution is 7.98. The molecule has 2 N–H and O–H groups in total. The first-order chi connectivity index (χ1) is 10.2. The molecule has 1 aromatic carbocycles. The van der Waals surface area contributed by atoms with Crippen molar-refractivity contribution in [2.24, 2.45) is 4.99 Å². The number of guanidine groups is 1. The summed E-state index contributed by atoms with van der Waals surface area (Å²) >= 11 is 7.63. The molecular formula is C15H23ClFN3S. The molecule has 0 unspecified atom stereocenters. The second-order valence-corrected chi connectivity index (χ2v) is 5.96. The second kappa shape index (κ2) is 10.7.